The summed E-state index contributed by atoms with van der Waals surface area (Å²) in [5.41, 5.74) is 2.17. The molecular weight excluding hydrogens is 356 g/mol. The number of hydrogen-bond acceptors (Lipinski definition) is 4. The van der Waals surface area contributed by atoms with Gasteiger partial charge in [0, 0.05) is 19.6 Å². The molecule has 0 spiro atoms. The van der Waals surface area contributed by atoms with Gasteiger partial charge in [-0.3, -0.25) is 14.4 Å². The third kappa shape index (κ3) is 5.04. The summed E-state index contributed by atoms with van der Waals surface area (Å²) in [6, 6.07) is 6.53. The van der Waals surface area contributed by atoms with E-state index in [0.29, 0.717) is 6.54 Å². The lowest BCUT2D eigenvalue weighted by Gasteiger charge is -2.38. The maximum atomic E-state index is 12.5. The van der Waals surface area contributed by atoms with Crippen molar-refractivity contribution in [3.8, 4) is 0 Å². The summed E-state index contributed by atoms with van der Waals surface area (Å²) in [6.07, 6.45) is 0.893. The molecule has 3 N–H and O–H groups in total. The second kappa shape index (κ2) is 9.33. The summed E-state index contributed by atoms with van der Waals surface area (Å²) in [7, 11) is 0. The fourth-order valence-corrected chi connectivity index (χ4v) is 3.05. The van der Waals surface area contributed by atoms with Crippen LogP contribution in [0.5, 0.6) is 0 Å². The van der Waals surface area contributed by atoms with E-state index >= 15 is 0 Å². The minimum Gasteiger partial charge on any atom is -0.465 e. The summed E-state index contributed by atoms with van der Waals surface area (Å²) in [5, 5.41) is 12.1. The Balaban J connectivity index is 1.99. The highest BCUT2D eigenvalue weighted by Gasteiger charge is 2.36. The molecule has 0 unspecified atom stereocenters. The summed E-state index contributed by atoms with van der Waals surface area (Å²) in [6.45, 7) is 2.68. The van der Waals surface area contributed by atoms with Gasteiger partial charge in [0.05, 0.1) is 6.54 Å². The minimum atomic E-state index is -1.18. The number of nitrogens with one attached hydrogen (secondary N) is 2. The van der Waals surface area contributed by atoms with Crippen LogP contribution >= 0.6 is 12.8 Å². The van der Waals surface area contributed by atoms with E-state index in [1.807, 2.05) is 24.3 Å². The van der Waals surface area contributed by atoms with Crippen molar-refractivity contribution in [2.45, 2.75) is 32.4 Å². The highest BCUT2D eigenvalue weighted by Crippen LogP contribution is 2.12. The van der Waals surface area contributed by atoms with E-state index in [4.69, 9.17) is 0 Å². The van der Waals surface area contributed by atoms with E-state index in [0.717, 1.165) is 23.3 Å². The lowest BCUT2D eigenvalue weighted by Crippen LogP contribution is -2.61. The Morgan fingerprint density at radius 1 is 1.19 bits per heavy atom. The number of carbonyl (C=O) groups is 3. The SMILES string of the molecule is CCCc1ccc(CNC(=O)[C@H]2CN(C(=O)NS)CCN2C(=O)O)cc1. The molecule has 1 heterocycles. The van der Waals surface area contributed by atoms with Gasteiger partial charge >= 0.3 is 12.1 Å². The van der Waals surface area contributed by atoms with Crippen LogP contribution in [0.4, 0.5) is 9.59 Å². The van der Waals surface area contributed by atoms with Gasteiger partial charge in [-0.15, -0.1) is 0 Å². The Labute approximate surface area is 158 Å². The summed E-state index contributed by atoms with van der Waals surface area (Å²) in [5.74, 6) is -0.429. The molecule has 26 heavy (non-hydrogen) atoms. The number of thiol groups is 1. The number of aryl methyl sites for hydroxylation is 1. The highest BCUT2D eigenvalue weighted by molar-refractivity contribution is 7.78. The molecule has 1 saturated heterocycles. The molecule has 1 aliphatic rings. The maximum Gasteiger partial charge on any atom is 0.408 e. The minimum absolute atomic E-state index is 0.0139. The molecule has 0 radical (unpaired) electrons. The quantitative estimate of drug-likeness (QED) is 0.581. The van der Waals surface area contributed by atoms with Crippen LogP contribution < -0.4 is 10.0 Å². The highest BCUT2D eigenvalue weighted by atomic mass is 32.1. The smallest absolute Gasteiger partial charge is 0.408 e. The number of carboxylic acid groups (broad SMARTS) is 1. The van der Waals surface area contributed by atoms with Gasteiger partial charge < -0.3 is 15.3 Å². The average molecular weight is 380 g/mol. The largest absolute Gasteiger partial charge is 0.465 e. The zero-order valence-electron chi connectivity index (χ0n) is 14.6. The van der Waals surface area contributed by atoms with Gasteiger partial charge in [-0.25, -0.2) is 9.59 Å². The van der Waals surface area contributed by atoms with Crippen LogP contribution in [0.3, 0.4) is 0 Å². The van der Waals surface area contributed by atoms with Crippen LogP contribution in [0.1, 0.15) is 24.5 Å². The molecule has 1 aromatic rings. The zero-order valence-corrected chi connectivity index (χ0v) is 15.5. The molecule has 8 nitrogen and oxygen atoms in total. The maximum absolute atomic E-state index is 12.5. The summed E-state index contributed by atoms with van der Waals surface area (Å²) >= 11 is 3.71. The summed E-state index contributed by atoms with van der Waals surface area (Å²) < 4.78 is 2.20. The van der Waals surface area contributed by atoms with Crippen LogP contribution in [0.25, 0.3) is 0 Å². The van der Waals surface area contributed by atoms with Crippen molar-refractivity contribution in [2.75, 3.05) is 19.6 Å². The van der Waals surface area contributed by atoms with Crippen molar-refractivity contribution in [1.29, 1.82) is 0 Å². The standard InChI is InChI=1S/C17H24N4O4S/c1-2-3-12-4-6-13(7-5-12)10-18-15(22)14-11-20(16(23)19-26)8-9-21(14)17(24)25/h4-7,14,26H,2-3,8-11H2,1H3,(H,18,22)(H,19,23)(H,24,25)/t14-/m1/s1. The van der Waals surface area contributed by atoms with E-state index in [-0.39, 0.29) is 19.6 Å². The van der Waals surface area contributed by atoms with E-state index in [9.17, 15) is 19.5 Å². The van der Waals surface area contributed by atoms with Gasteiger partial charge in [-0.05, 0) is 17.5 Å². The van der Waals surface area contributed by atoms with Gasteiger partial charge in [0.25, 0.3) is 0 Å². The molecule has 0 aliphatic carbocycles. The first-order chi connectivity index (χ1) is 12.5. The third-order valence-corrected chi connectivity index (χ3v) is 4.53. The average Bonchev–Trinajstić information content (AvgIpc) is 2.66. The molecule has 2 rings (SSSR count). The van der Waals surface area contributed by atoms with Crippen LogP contribution in [0.15, 0.2) is 24.3 Å². The van der Waals surface area contributed by atoms with Crippen molar-refractivity contribution in [3.63, 3.8) is 0 Å². The third-order valence-electron chi connectivity index (χ3n) is 4.34. The van der Waals surface area contributed by atoms with Crippen LogP contribution in [0.2, 0.25) is 0 Å². The van der Waals surface area contributed by atoms with Crippen molar-refractivity contribution < 1.29 is 19.5 Å². The molecule has 0 aromatic heterocycles. The van der Waals surface area contributed by atoms with E-state index in [1.165, 1.54) is 10.5 Å². The Bertz CT molecular complexity index is 653. The first kappa shape index (κ1) is 19.9. The number of benzene rings is 1. The Kier molecular flexibility index (Phi) is 7.14. The zero-order chi connectivity index (χ0) is 19.1. The van der Waals surface area contributed by atoms with Crippen LogP contribution in [0, 0.1) is 0 Å². The first-order valence-electron chi connectivity index (χ1n) is 8.50. The second-order valence-corrected chi connectivity index (χ2v) is 6.36. The van der Waals surface area contributed by atoms with E-state index < -0.39 is 24.1 Å². The van der Waals surface area contributed by atoms with Crippen molar-refractivity contribution in [1.82, 2.24) is 19.8 Å². The van der Waals surface area contributed by atoms with Gasteiger partial charge in [0.1, 0.15) is 6.04 Å². The number of urea groups is 1. The lowest BCUT2D eigenvalue weighted by molar-refractivity contribution is -0.127. The normalized spacial score (nSPS) is 16.9. The van der Waals surface area contributed by atoms with Crippen molar-refractivity contribution >= 4 is 30.8 Å². The number of nitrogens with zero attached hydrogens (tertiary/aromatic N) is 2. The topological polar surface area (TPSA) is 102 Å². The van der Waals surface area contributed by atoms with Crippen molar-refractivity contribution in [2.24, 2.45) is 0 Å². The molecule has 1 aromatic carbocycles. The second-order valence-electron chi connectivity index (χ2n) is 6.14. The predicted octanol–water partition coefficient (Wildman–Crippen LogP) is 1.47. The fraction of sp³-hybridized carbons (Fsp3) is 0.471. The number of carbonyl (C=O) groups excluding carboxylic acids is 2. The van der Waals surface area contributed by atoms with Crippen molar-refractivity contribution in [3.05, 3.63) is 35.4 Å². The Hall–Kier alpha value is -2.42. The number of hydrogen-bond donors (Lipinski definition) is 4. The number of amides is 4. The fourth-order valence-electron chi connectivity index (χ4n) is 2.91. The summed E-state index contributed by atoms with van der Waals surface area (Å²) in [4.78, 5) is 38.1. The predicted molar refractivity (Wildman–Crippen MR) is 99.9 cm³/mol. The molecule has 1 fully saturated rings. The van der Waals surface area contributed by atoms with Gasteiger partial charge in [-0.1, -0.05) is 50.4 Å². The molecule has 9 heteroatoms. The van der Waals surface area contributed by atoms with Gasteiger partial charge in [0.2, 0.25) is 5.91 Å². The molecule has 0 bridgehead atoms. The molecule has 1 atom stereocenters. The van der Waals surface area contributed by atoms with Gasteiger partial charge in [-0.2, -0.15) is 0 Å². The molecule has 1 aliphatic heterocycles. The molecule has 142 valence electrons. The van der Waals surface area contributed by atoms with E-state index in [1.54, 1.807) is 0 Å². The first-order valence-corrected chi connectivity index (χ1v) is 8.95. The Morgan fingerprint density at radius 3 is 2.42 bits per heavy atom. The van der Waals surface area contributed by atoms with E-state index in [2.05, 4.69) is 29.8 Å². The lowest BCUT2D eigenvalue weighted by atomic mass is 10.1. The van der Waals surface area contributed by atoms with Crippen LogP contribution in [-0.2, 0) is 17.8 Å². The molecule has 0 saturated carbocycles. The van der Waals surface area contributed by atoms with Crippen LogP contribution in [-0.4, -0.2) is 58.6 Å². The Morgan fingerprint density at radius 2 is 1.85 bits per heavy atom. The monoisotopic (exact) mass is 380 g/mol. The number of rotatable bonds is 5. The number of piperazine rings is 1. The molecule has 4 amide bonds. The van der Waals surface area contributed by atoms with Gasteiger partial charge in [0.15, 0.2) is 0 Å². The molecular formula is C17H24N4O4S.